The zero-order chi connectivity index (χ0) is 10.1. The Labute approximate surface area is 92.5 Å². The van der Waals surface area contributed by atoms with Crippen molar-refractivity contribution in [2.24, 2.45) is 0 Å². The first-order chi connectivity index (χ1) is 6.76. The van der Waals surface area contributed by atoms with Gasteiger partial charge in [-0.25, -0.2) is 0 Å². The minimum atomic E-state index is 0.565. The maximum absolute atomic E-state index is 6.02. The van der Waals surface area contributed by atoms with Crippen LogP contribution in [0.4, 0.5) is 5.69 Å². The largest absolute Gasteiger partial charge is 0.397 e. The lowest BCUT2D eigenvalue weighted by molar-refractivity contribution is 1.19. The molecule has 0 fully saturated rings. The Hall–Kier alpha value is -0.730. The SMILES string of the molecule is CCc1sc2cc(CCl)ccc2c1N. The molecule has 1 aromatic heterocycles. The second kappa shape index (κ2) is 3.79. The minimum Gasteiger partial charge on any atom is -0.397 e. The molecule has 0 radical (unpaired) electrons. The summed E-state index contributed by atoms with van der Waals surface area (Å²) >= 11 is 7.55. The summed E-state index contributed by atoms with van der Waals surface area (Å²) in [5.74, 6) is 0.565. The van der Waals surface area contributed by atoms with Crippen LogP contribution in [0.15, 0.2) is 18.2 Å². The van der Waals surface area contributed by atoms with Crippen molar-refractivity contribution >= 4 is 38.7 Å². The smallest absolute Gasteiger partial charge is 0.0535 e. The highest BCUT2D eigenvalue weighted by molar-refractivity contribution is 7.19. The molecule has 2 rings (SSSR count). The van der Waals surface area contributed by atoms with E-state index < -0.39 is 0 Å². The fourth-order valence-electron chi connectivity index (χ4n) is 1.56. The van der Waals surface area contributed by atoms with Crippen LogP contribution in [0, 0.1) is 0 Å². The number of thiophene rings is 1. The molecule has 0 saturated heterocycles. The predicted octanol–water partition coefficient (Wildman–Crippen LogP) is 3.78. The summed E-state index contributed by atoms with van der Waals surface area (Å²) in [6.45, 7) is 2.13. The topological polar surface area (TPSA) is 26.0 Å². The number of fused-ring (bicyclic) bond motifs is 1. The molecule has 0 amide bonds. The highest BCUT2D eigenvalue weighted by Gasteiger charge is 2.07. The van der Waals surface area contributed by atoms with Crippen LogP contribution >= 0.6 is 22.9 Å². The third kappa shape index (κ3) is 1.49. The number of nitrogens with two attached hydrogens (primary N) is 1. The molecule has 0 aliphatic rings. The summed E-state index contributed by atoms with van der Waals surface area (Å²) in [6.07, 6.45) is 1.00. The molecule has 0 bridgehead atoms. The van der Waals surface area contributed by atoms with E-state index in [0.29, 0.717) is 5.88 Å². The quantitative estimate of drug-likeness (QED) is 0.774. The second-order valence-electron chi connectivity index (χ2n) is 3.26. The van der Waals surface area contributed by atoms with Crippen LogP contribution in [0.1, 0.15) is 17.4 Å². The van der Waals surface area contributed by atoms with Gasteiger partial charge in [-0.05, 0) is 18.1 Å². The van der Waals surface area contributed by atoms with Crippen molar-refractivity contribution in [2.45, 2.75) is 19.2 Å². The minimum absolute atomic E-state index is 0.565. The molecule has 0 atom stereocenters. The van der Waals surface area contributed by atoms with Crippen molar-refractivity contribution in [3.05, 3.63) is 28.6 Å². The molecule has 3 heteroatoms. The van der Waals surface area contributed by atoms with Gasteiger partial charge in [-0.3, -0.25) is 0 Å². The number of benzene rings is 1. The normalized spacial score (nSPS) is 11.0. The van der Waals surface area contributed by atoms with E-state index in [4.69, 9.17) is 17.3 Å². The van der Waals surface area contributed by atoms with Gasteiger partial charge in [-0.1, -0.05) is 19.1 Å². The molecular formula is C11H12ClNS. The van der Waals surface area contributed by atoms with Gasteiger partial charge < -0.3 is 5.73 Å². The fraction of sp³-hybridized carbons (Fsp3) is 0.273. The van der Waals surface area contributed by atoms with Crippen LogP contribution in [0.5, 0.6) is 0 Å². The van der Waals surface area contributed by atoms with Crippen LogP contribution < -0.4 is 5.73 Å². The van der Waals surface area contributed by atoms with Crippen molar-refractivity contribution in [1.29, 1.82) is 0 Å². The van der Waals surface area contributed by atoms with Gasteiger partial charge in [0.1, 0.15) is 0 Å². The highest BCUT2D eigenvalue weighted by atomic mass is 35.5. The number of nitrogen functional groups attached to an aromatic ring is 1. The summed E-state index contributed by atoms with van der Waals surface area (Å²) in [5.41, 5.74) is 8.11. The van der Waals surface area contributed by atoms with Gasteiger partial charge >= 0.3 is 0 Å². The van der Waals surface area contributed by atoms with E-state index in [1.54, 1.807) is 11.3 Å². The van der Waals surface area contributed by atoms with E-state index in [1.807, 2.05) is 6.07 Å². The van der Waals surface area contributed by atoms with E-state index in [-0.39, 0.29) is 0 Å². The molecule has 74 valence electrons. The van der Waals surface area contributed by atoms with E-state index in [1.165, 1.54) is 15.0 Å². The second-order valence-corrected chi connectivity index (χ2v) is 4.66. The molecule has 0 saturated carbocycles. The van der Waals surface area contributed by atoms with Crippen molar-refractivity contribution in [2.75, 3.05) is 5.73 Å². The zero-order valence-corrected chi connectivity index (χ0v) is 9.58. The van der Waals surface area contributed by atoms with Gasteiger partial charge in [0.25, 0.3) is 0 Å². The van der Waals surface area contributed by atoms with Gasteiger partial charge in [-0.15, -0.1) is 22.9 Å². The highest BCUT2D eigenvalue weighted by Crippen LogP contribution is 2.34. The summed E-state index contributed by atoms with van der Waals surface area (Å²) in [7, 11) is 0. The van der Waals surface area contributed by atoms with Crippen LogP contribution in [0.25, 0.3) is 10.1 Å². The molecule has 0 aliphatic heterocycles. The summed E-state index contributed by atoms with van der Waals surface area (Å²) < 4.78 is 1.25. The van der Waals surface area contributed by atoms with Crippen molar-refractivity contribution in [1.82, 2.24) is 0 Å². The first kappa shape index (κ1) is 9.81. The molecule has 0 spiro atoms. The molecule has 2 aromatic rings. The standard InChI is InChI=1S/C11H12ClNS/c1-2-9-11(13)8-4-3-7(6-12)5-10(8)14-9/h3-5H,2,6,13H2,1H3. The Morgan fingerprint density at radius 3 is 2.86 bits per heavy atom. The third-order valence-corrected chi connectivity index (χ3v) is 3.97. The Bertz CT molecular complexity index is 462. The molecule has 14 heavy (non-hydrogen) atoms. The average molecular weight is 226 g/mol. The summed E-state index contributed by atoms with van der Waals surface area (Å²) in [4.78, 5) is 1.27. The first-order valence-electron chi connectivity index (χ1n) is 4.62. The first-order valence-corrected chi connectivity index (χ1v) is 5.97. The van der Waals surface area contributed by atoms with E-state index in [2.05, 4.69) is 19.1 Å². The molecule has 0 aliphatic carbocycles. The number of alkyl halides is 1. The Morgan fingerprint density at radius 1 is 1.43 bits per heavy atom. The number of rotatable bonds is 2. The maximum Gasteiger partial charge on any atom is 0.0535 e. The molecule has 1 aromatic carbocycles. The van der Waals surface area contributed by atoms with Gasteiger partial charge in [-0.2, -0.15) is 0 Å². The molecule has 1 heterocycles. The molecule has 0 unspecified atom stereocenters. The lowest BCUT2D eigenvalue weighted by atomic mass is 10.1. The van der Waals surface area contributed by atoms with Crippen LogP contribution in [-0.2, 0) is 12.3 Å². The number of anilines is 1. The summed E-state index contributed by atoms with van der Waals surface area (Å²) in [6, 6.07) is 6.23. The molecule has 2 N–H and O–H groups in total. The predicted molar refractivity (Wildman–Crippen MR) is 65.2 cm³/mol. The number of aryl methyl sites for hydroxylation is 1. The van der Waals surface area contributed by atoms with Crippen molar-refractivity contribution in [3.8, 4) is 0 Å². The number of hydrogen-bond acceptors (Lipinski definition) is 2. The van der Waals surface area contributed by atoms with E-state index in [0.717, 1.165) is 17.7 Å². The average Bonchev–Trinajstić information content (AvgIpc) is 2.55. The Balaban J connectivity index is 2.66. The monoisotopic (exact) mass is 225 g/mol. The molecule has 1 nitrogen and oxygen atoms in total. The van der Waals surface area contributed by atoms with Crippen LogP contribution in [0.3, 0.4) is 0 Å². The van der Waals surface area contributed by atoms with E-state index >= 15 is 0 Å². The third-order valence-electron chi connectivity index (χ3n) is 2.35. The van der Waals surface area contributed by atoms with Crippen molar-refractivity contribution in [3.63, 3.8) is 0 Å². The lowest BCUT2D eigenvalue weighted by Crippen LogP contribution is -1.86. The van der Waals surface area contributed by atoms with Crippen molar-refractivity contribution < 1.29 is 0 Å². The summed E-state index contributed by atoms with van der Waals surface area (Å²) in [5, 5.41) is 1.17. The Morgan fingerprint density at radius 2 is 2.21 bits per heavy atom. The number of halogens is 1. The zero-order valence-electron chi connectivity index (χ0n) is 8.01. The van der Waals surface area contributed by atoms with Gasteiger partial charge in [0, 0.05) is 20.8 Å². The van der Waals surface area contributed by atoms with Gasteiger partial charge in [0.05, 0.1) is 5.69 Å². The fourth-order valence-corrected chi connectivity index (χ4v) is 2.85. The van der Waals surface area contributed by atoms with Gasteiger partial charge in [0.15, 0.2) is 0 Å². The van der Waals surface area contributed by atoms with E-state index in [9.17, 15) is 0 Å². The van der Waals surface area contributed by atoms with Crippen LogP contribution in [-0.4, -0.2) is 0 Å². The maximum atomic E-state index is 6.02. The van der Waals surface area contributed by atoms with Crippen LogP contribution in [0.2, 0.25) is 0 Å². The molecular weight excluding hydrogens is 214 g/mol. The number of hydrogen-bond donors (Lipinski definition) is 1. The van der Waals surface area contributed by atoms with Gasteiger partial charge in [0.2, 0.25) is 0 Å². The Kier molecular flexibility index (Phi) is 2.66. The lowest BCUT2D eigenvalue weighted by Gasteiger charge is -1.95.